The Hall–Kier alpha value is -1.72. The lowest BCUT2D eigenvalue weighted by Crippen LogP contribution is -2.40. The third-order valence-corrected chi connectivity index (χ3v) is 8.49. The van der Waals surface area contributed by atoms with Crippen molar-refractivity contribution in [3.8, 4) is 0 Å². The van der Waals surface area contributed by atoms with Crippen LogP contribution in [0, 0.1) is 12.8 Å². The fourth-order valence-corrected chi connectivity index (χ4v) is 6.61. The quantitative estimate of drug-likeness (QED) is 0.798. The first kappa shape index (κ1) is 20.5. The molecule has 0 spiro atoms. The molecule has 0 saturated carbocycles. The summed E-state index contributed by atoms with van der Waals surface area (Å²) in [4.78, 5) is 30.5. The maximum atomic E-state index is 13.4. The van der Waals surface area contributed by atoms with E-state index in [2.05, 4.69) is 25.2 Å². The number of thiophene rings is 1. The molecule has 2 aliphatic heterocycles. The normalized spacial score (nSPS) is 22.1. The molecule has 1 aromatic heterocycles. The van der Waals surface area contributed by atoms with Crippen LogP contribution in [0.4, 0.5) is 0 Å². The summed E-state index contributed by atoms with van der Waals surface area (Å²) >= 11 is 1.86. The van der Waals surface area contributed by atoms with Gasteiger partial charge in [0.2, 0.25) is 0 Å². The Morgan fingerprint density at radius 3 is 2.62 bits per heavy atom. The number of nitrogens with zero attached hydrogens (tertiary/aromatic N) is 1. The van der Waals surface area contributed by atoms with Crippen LogP contribution < -0.4 is 5.32 Å². The topological polar surface area (TPSA) is 49.4 Å². The maximum absolute atomic E-state index is 13.4. The molecule has 1 amide bonds. The highest BCUT2D eigenvalue weighted by atomic mass is 32.1. The van der Waals surface area contributed by atoms with Crippen LogP contribution >= 0.6 is 11.3 Å². The minimum Gasteiger partial charge on any atom is -0.334 e. The lowest BCUT2D eigenvalue weighted by atomic mass is 9.83. The van der Waals surface area contributed by atoms with Crippen molar-refractivity contribution in [1.82, 2.24) is 10.2 Å². The second kappa shape index (κ2) is 8.19. The predicted molar refractivity (Wildman–Crippen MR) is 119 cm³/mol. The molecule has 4 rings (SSSR count). The van der Waals surface area contributed by atoms with Crippen LogP contribution in [0.15, 0.2) is 22.8 Å². The van der Waals surface area contributed by atoms with E-state index >= 15 is 0 Å². The van der Waals surface area contributed by atoms with E-state index in [-0.39, 0.29) is 11.7 Å². The molecular formula is C24H32N2O2S. The van der Waals surface area contributed by atoms with Crippen molar-refractivity contribution in [3.63, 3.8) is 0 Å². The summed E-state index contributed by atoms with van der Waals surface area (Å²) in [5, 5.41) is 3.45. The molecule has 0 radical (unpaired) electrons. The smallest absolute Gasteiger partial charge is 0.255 e. The predicted octanol–water partition coefficient (Wildman–Crippen LogP) is 4.39. The number of Topliss-reactive ketones (excluding diaryl/α,β-unsaturated/α-hetero) is 1. The fraction of sp³-hybridized carbons (Fsp3) is 0.583. The van der Waals surface area contributed by atoms with Gasteiger partial charge in [-0.25, -0.2) is 0 Å². The van der Waals surface area contributed by atoms with Crippen LogP contribution in [-0.2, 0) is 11.2 Å². The zero-order valence-electron chi connectivity index (χ0n) is 18.1. The van der Waals surface area contributed by atoms with Gasteiger partial charge in [0.15, 0.2) is 5.78 Å². The standard InChI is InChI=1S/C24H32N2O2S/c1-14-11-15(2)19(20(27)12-14)13-26-10-7-21-22(24(26)28)17(4)23(29-21)16(3)18-5-8-25-9-6-18/h11,16,18,25H,5-10,12-13H2,1-4H3/t16-/m1/s1. The zero-order chi connectivity index (χ0) is 20.7. The van der Waals surface area contributed by atoms with E-state index in [1.807, 2.05) is 30.1 Å². The van der Waals surface area contributed by atoms with E-state index in [1.165, 1.54) is 28.2 Å². The summed E-state index contributed by atoms with van der Waals surface area (Å²) in [5.41, 5.74) is 5.03. The second-order valence-corrected chi connectivity index (χ2v) is 10.1. The molecule has 5 heteroatoms. The van der Waals surface area contributed by atoms with Crippen molar-refractivity contribution in [2.24, 2.45) is 5.92 Å². The average Bonchev–Trinajstić information content (AvgIpc) is 3.03. The first-order chi connectivity index (χ1) is 13.9. The molecule has 1 atom stereocenters. The maximum Gasteiger partial charge on any atom is 0.255 e. The molecule has 156 valence electrons. The van der Waals surface area contributed by atoms with Crippen molar-refractivity contribution in [3.05, 3.63) is 43.7 Å². The number of carbonyl (C=O) groups is 2. The van der Waals surface area contributed by atoms with Gasteiger partial charge in [0.25, 0.3) is 5.91 Å². The number of amides is 1. The molecule has 3 heterocycles. The molecule has 0 bridgehead atoms. The van der Waals surface area contributed by atoms with E-state index < -0.39 is 0 Å². The Labute approximate surface area is 178 Å². The van der Waals surface area contributed by atoms with Gasteiger partial charge in [0, 0.05) is 41.3 Å². The Kier molecular flexibility index (Phi) is 5.80. The fourth-order valence-electron chi connectivity index (χ4n) is 5.18. The van der Waals surface area contributed by atoms with E-state index in [0.29, 0.717) is 31.3 Å². The summed E-state index contributed by atoms with van der Waals surface area (Å²) in [5.74, 6) is 1.49. The third-order valence-electron chi connectivity index (χ3n) is 6.93. The number of piperidine rings is 1. The number of hydrogen-bond donors (Lipinski definition) is 1. The highest BCUT2D eigenvalue weighted by Crippen LogP contribution is 2.41. The minimum absolute atomic E-state index is 0.114. The van der Waals surface area contributed by atoms with Gasteiger partial charge in [0.1, 0.15) is 0 Å². The molecule has 29 heavy (non-hydrogen) atoms. The number of nitrogens with one attached hydrogen (secondary N) is 1. The van der Waals surface area contributed by atoms with E-state index in [1.54, 1.807) is 0 Å². The van der Waals surface area contributed by atoms with Crippen LogP contribution in [-0.4, -0.2) is 42.8 Å². The van der Waals surface area contributed by atoms with Gasteiger partial charge in [-0.1, -0.05) is 18.6 Å². The molecule has 4 nitrogen and oxygen atoms in total. The Balaban J connectivity index is 1.57. The minimum atomic E-state index is 0.114. The number of hydrogen-bond acceptors (Lipinski definition) is 4. The SMILES string of the molecule is CC1=CC(C)=C(CN2CCc3sc([C@H](C)C4CCNCC4)c(C)c3C2=O)C(=O)C1. The first-order valence-corrected chi connectivity index (χ1v) is 11.7. The zero-order valence-corrected chi connectivity index (χ0v) is 18.9. The Bertz CT molecular complexity index is 902. The molecule has 0 unspecified atom stereocenters. The number of ketones is 1. The second-order valence-electron chi connectivity index (χ2n) is 8.99. The molecule has 1 aliphatic carbocycles. The summed E-state index contributed by atoms with van der Waals surface area (Å²) in [6, 6.07) is 0. The number of carbonyl (C=O) groups excluding carboxylic acids is 2. The van der Waals surface area contributed by atoms with Crippen molar-refractivity contribution in [2.45, 2.75) is 59.3 Å². The Morgan fingerprint density at radius 2 is 1.93 bits per heavy atom. The van der Waals surface area contributed by atoms with Gasteiger partial charge in [0.05, 0.1) is 5.56 Å². The number of allylic oxidation sites excluding steroid dienone is 3. The van der Waals surface area contributed by atoms with Gasteiger partial charge >= 0.3 is 0 Å². The molecule has 1 aromatic rings. The molecule has 1 saturated heterocycles. The first-order valence-electron chi connectivity index (χ1n) is 10.9. The average molecular weight is 413 g/mol. The van der Waals surface area contributed by atoms with Crippen LogP contribution in [0.2, 0.25) is 0 Å². The molecular weight excluding hydrogens is 380 g/mol. The van der Waals surface area contributed by atoms with Crippen LogP contribution in [0.1, 0.15) is 71.6 Å². The van der Waals surface area contributed by atoms with Crippen molar-refractivity contribution >= 4 is 23.0 Å². The molecule has 1 fully saturated rings. The summed E-state index contributed by atoms with van der Waals surface area (Å²) in [7, 11) is 0. The monoisotopic (exact) mass is 412 g/mol. The number of rotatable bonds is 4. The van der Waals surface area contributed by atoms with E-state index in [9.17, 15) is 9.59 Å². The summed E-state index contributed by atoms with van der Waals surface area (Å²) in [6.45, 7) is 11.8. The van der Waals surface area contributed by atoms with Gasteiger partial charge in [-0.3, -0.25) is 9.59 Å². The van der Waals surface area contributed by atoms with Crippen molar-refractivity contribution < 1.29 is 9.59 Å². The lowest BCUT2D eigenvalue weighted by Gasteiger charge is -2.29. The lowest BCUT2D eigenvalue weighted by molar-refractivity contribution is -0.115. The highest BCUT2D eigenvalue weighted by molar-refractivity contribution is 7.12. The van der Waals surface area contributed by atoms with Gasteiger partial charge in [-0.2, -0.15) is 0 Å². The van der Waals surface area contributed by atoms with Gasteiger partial charge < -0.3 is 10.2 Å². The van der Waals surface area contributed by atoms with Crippen LogP contribution in [0.5, 0.6) is 0 Å². The van der Waals surface area contributed by atoms with Crippen LogP contribution in [0.3, 0.4) is 0 Å². The summed E-state index contributed by atoms with van der Waals surface area (Å²) in [6.07, 6.45) is 5.90. The Morgan fingerprint density at radius 1 is 1.21 bits per heavy atom. The largest absolute Gasteiger partial charge is 0.334 e. The number of fused-ring (bicyclic) bond motifs is 1. The molecule has 3 aliphatic rings. The van der Waals surface area contributed by atoms with Crippen LogP contribution in [0.25, 0.3) is 0 Å². The van der Waals surface area contributed by atoms with Crippen molar-refractivity contribution in [1.29, 1.82) is 0 Å². The molecule has 0 aromatic carbocycles. The summed E-state index contributed by atoms with van der Waals surface area (Å²) < 4.78 is 0. The van der Waals surface area contributed by atoms with Gasteiger partial charge in [-0.15, -0.1) is 11.3 Å². The van der Waals surface area contributed by atoms with Crippen molar-refractivity contribution in [2.75, 3.05) is 26.2 Å². The highest BCUT2D eigenvalue weighted by Gasteiger charge is 2.34. The van der Waals surface area contributed by atoms with E-state index in [0.717, 1.165) is 41.8 Å². The molecule has 1 N–H and O–H groups in total. The third kappa shape index (κ3) is 3.87. The van der Waals surface area contributed by atoms with E-state index in [4.69, 9.17) is 0 Å². The van der Waals surface area contributed by atoms with Gasteiger partial charge in [-0.05, 0) is 69.7 Å².